The maximum atomic E-state index is 12.8. The summed E-state index contributed by atoms with van der Waals surface area (Å²) in [6, 6.07) is 8.69. The van der Waals surface area contributed by atoms with E-state index in [-0.39, 0.29) is 39.3 Å². The molecule has 2 rings (SSSR count). The second-order valence-electron chi connectivity index (χ2n) is 4.40. The topological polar surface area (TPSA) is 36.3 Å². The van der Waals surface area contributed by atoms with Crippen LogP contribution in [0.15, 0.2) is 47.1 Å². The van der Waals surface area contributed by atoms with Gasteiger partial charge in [0.15, 0.2) is 6.61 Å². The summed E-state index contributed by atoms with van der Waals surface area (Å²) in [7, 11) is 0. The molecule has 0 aliphatic carbocycles. The summed E-state index contributed by atoms with van der Waals surface area (Å²) in [6.45, 7) is 3.31. The molecule has 1 aromatic carbocycles. The molecule has 0 fully saturated rings. The van der Waals surface area contributed by atoms with Gasteiger partial charge in [-0.15, -0.1) is 28.1 Å². The Kier molecular flexibility index (Phi) is 8.11. The molecule has 1 radical (unpaired) electrons. The molecule has 3 nitrogen and oxygen atoms in total. The molecule has 0 saturated heterocycles. The Labute approximate surface area is 167 Å². The zero-order chi connectivity index (χ0) is 16.1. The summed E-state index contributed by atoms with van der Waals surface area (Å²) in [5.74, 6) is 0.540. The monoisotopic (exact) mass is 454 g/mol. The predicted molar refractivity (Wildman–Crippen MR) is 83.1 cm³/mol. The SMILES string of the molecule is C=C1C(Br)=C[C-]=C(c2ccc(OCC#N)cc2)N1CC(F)F.[Y]. The van der Waals surface area contributed by atoms with Crippen molar-refractivity contribution in [2.75, 3.05) is 13.2 Å². The van der Waals surface area contributed by atoms with E-state index < -0.39 is 13.0 Å². The van der Waals surface area contributed by atoms with Crippen molar-refractivity contribution in [3.05, 3.63) is 58.7 Å². The molecule has 0 bridgehead atoms. The van der Waals surface area contributed by atoms with Gasteiger partial charge in [-0.2, -0.15) is 17.4 Å². The third-order valence-electron chi connectivity index (χ3n) is 2.96. The van der Waals surface area contributed by atoms with E-state index in [4.69, 9.17) is 10.00 Å². The number of rotatable bonds is 5. The van der Waals surface area contributed by atoms with Crippen molar-refractivity contribution in [2.24, 2.45) is 0 Å². The summed E-state index contributed by atoms with van der Waals surface area (Å²) in [5.41, 5.74) is 1.68. The average Bonchev–Trinajstić information content (AvgIpc) is 2.50. The minimum absolute atomic E-state index is 0. The van der Waals surface area contributed by atoms with Crippen molar-refractivity contribution in [2.45, 2.75) is 6.43 Å². The van der Waals surface area contributed by atoms with Crippen molar-refractivity contribution < 1.29 is 46.2 Å². The van der Waals surface area contributed by atoms with Crippen molar-refractivity contribution in [1.82, 2.24) is 4.90 Å². The van der Waals surface area contributed by atoms with Crippen LogP contribution < -0.4 is 4.74 Å². The quantitative estimate of drug-likeness (QED) is 0.628. The zero-order valence-electron chi connectivity index (χ0n) is 12.1. The molecular weight excluding hydrogens is 443 g/mol. The Bertz CT molecular complexity index is 666. The first-order chi connectivity index (χ1) is 10.5. The Balaban J connectivity index is 0.00000264. The average molecular weight is 455 g/mol. The molecule has 23 heavy (non-hydrogen) atoms. The molecule has 7 heteroatoms. The van der Waals surface area contributed by atoms with E-state index in [1.54, 1.807) is 30.3 Å². The molecule has 1 aliphatic heterocycles. The van der Waals surface area contributed by atoms with Crippen molar-refractivity contribution in [1.29, 1.82) is 5.26 Å². The molecule has 1 aromatic rings. The zero-order valence-corrected chi connectivity index (χ0v) is 16.5. The minimum atomic E-state index is -2.50. The number of benzene rings is 1. The molecule has 0 N–H and O–H groups in total. The maximum Gasteiger partial charge on any atom is 0.256 e. The van der Waals surface area contributed by atoms with Gasteiger partial charge in [0.1, 0.15) is 11.8 Å². The van der Waals surface area contributed by atoms with Crippen LogP contribution in [0.3, 0.4) is 0 Å². The largest absolute Gasteiger partial charge is 0.479 e. The summed E-state index contributed by atoms with van der Waals surface area (Å²) in [4.78, 5) is 1.42. The first-order valence-electron chi connectivity index (χ1n) is 6.37. The number of nitrogens with zero attached hydrogens (tertiary/aromatic N) is 2. The molecule has 0 atom stereocenters. The molecule has 117 valence electrons. The second-order valence-corrected chi connectivity index (χ2v) is 5.26. The first-order valence-corrected chi connectivity index (χ1v) is 7.16. The number of hydrogen-bond acceptors (Lipinski definition) is 3. The van der Waals surface area contributed by atoms with Crippen LogP contribution in [0.5, 0.6) is 5.75 Å². The van der Waals surface area contributed by atoms with Crippen molar-refractivity contribution in [3.8, 4) is 11.8 Å². The van der Waals surface area contributed by atoms with Gasteiger partial charge in [0.25, 0.3) is 6.43 Å². The fourth-order valence-electron chi connectivity index (χ4n) is 1.96. The molecule has 0 aromatic heterocycles. The summed E-state index contributed by atoms with van der Waals surface area (Å²) in [5, 5.41) is 8.47. The second kappa shape index (κ2) is 9.31. The standard InChI is InChI=1S/C16H12BrF2N2O.Y/c1-11-14(17)6-7-15(21(11)10-16(18)19)12-2-4-13(5-3-12)22-9-8-20;/h2-6,16H,1,9-10H2;/q-1;. The Morgan fingerprint density at radius 1 is 1.35 bits per heavy atom. The maximum absolute atomic E-state index is 12.8. The minimum Gasteiger partial charge on any atom is -0.479 e. The van der Waals surface area contributed by atoms with E-state index in [1.807, 2.05) is 6.07 Å². The van der Waals surface area contributed by atoms with Gasteiger partial charge in [0.2, 0.25) is 0 Å². The molecule has 1 heterocycles. The Morgan fingerprint density at radius 3 is 2.57 bits per heavy atom. The van der Waals surface area contributed by atoms with Gasteiger partial charge in [0.05, 0.1) is 6.54 Å². The smallest absolute Gasteiger partial charge is 0.256 e. The molecular formula is C16H12BrF2N2OY-. The van der Waals surface area contributed by atoms with Gasteiger partial charge in [-0.3, -0.25) is 0 Å². The van der Waals surface area contributed by atoms with Gasteiger partial charge in [0, 0.05) is 32.7 Å². The van der Waals surface area contributed by atoms with Gasteiger partial charge in [-0.1, -0.05) is 22.3 Å². The van der Waals surface area contributed by atoms with Crippen LogP contribution in [0.2, 0.25) is 0 Å². The third-order valence-corrected chi connectivity index (χ3v) is 3.65. The van der Waals surface area contributed by atoms with Crippen molar-refractivity contribution >= 4 is 21.6 Å². The predicted octanol–water partition coefficient (Wildman–Crippen LogP) is 4.10. The van der Waals surface area contributed by atoms with Crippen molar-refractivity contribution in [3.63, 3.8) is 0 Å². The van der Waals surface area contributed by atoms with Gasteiger partial charge in [-0.25, -0.2) is 8.78 Å². The van der Waals surface area contributed by atoms with Crippen LogP contribution in [-0.4, -0.2) is 24.5 Å². The fraction of sp³-hybridized carbons (Fsp3) is 0.188. The number of alkyl halides is 2. The van der Waals surface area contributed by atoms with E-state index in [2.05, 4.69) is 28.6 Å². The number of ether oxygens (including phenoxy) is 1. The van der Waals surface area contributed by atoms with E-state index in [9.17, 15) is 8.78 Å². The van der Waals surface area contributed by atoms with Crippen LogP contribution in [0.4, 0.5) is 8.78 Å². The van der Waals surface area contributed by atoms with E-state index >= 15 is 0 Å². The third kappa shape index (κ3) is 5.24. The van der Waals surface area contributed by atoms with Gasteiger partial charge < -0.3 is 9.64 Å². The normalized spacial score (nSPS) is 13.9. The first kappa shape index (κ1) is 20.0. The number of hydrogen-bond donors (Lipinski definition) is 0. The molecule has 0 spiro atoms. The van der Waals surface area contributed by atoms with Crippen LogP contribution in [0.1, 0.15) is 5.56 Å². The number of halogens is 3. The van der Waals surface area contributed by atoms with E-state index in [1.165, 1.54) is 4.90 Å². The molecule has 0 unspecified atom stereocenters. The summed E-state index contributed by atoms with van der Waals surface area (Å²) in [6.07, 6.45) is 2.14. The van der Waals surface area contributed by atoms with Gasteiger partial charge in [-0.05, 0) is 17.8 Å². The van der Waals surface area contributed by atoms with E-state index in [0.717, 1.165) is 0 Å². The number of allylic oxidation sites excluding steroid dienone is 3. The van der Waals surface area contributed by atoms with Crippen LogP contribution in [0, 0.1) is 17.4 Å². The fourth-order valence-corrected chi connectivity index (χ4v) is 2.29. The molecule has 0 amide bonds. The van der Waals surface area contributed by atoms with Crippen LogP contribution in [-0.2, 0) is 32.7 Å². The Morgan fingerprint density at radius 2 is 2.00 bits per heavy atom. The summed E-state index contributed by atoms with van der Waals surface area (Å²) < 4.78 is 31.4. The molecule has 1 aliphatic rings. The molecule has 0 saturated carbocycles. The van der Waals surface area contributed by atoms with Gasteiger partial charge >= 0.3 is 0 Å². The van der Waals surface area contributed by atoms with Crippen LogP contribution >= 0.6 is 15.9 Å². The van der Waals surface area contributed by atoms with Crippen LogP contribution in [0.25, 0.3) is 5.70 Å². The number of nitriles is 1. The Hall–Kier alpha value is -1.03. The summed E-state index contributed by atoms with van der Waals surface area (Å²) >= 11 is 3.27. The van der Waals surface area contributed by atoms with E-state index in [0.29, 0.717) is 27.2 Å².